The Bertz CT molecular complexity index is 350. The van der Waals surface area contributed by atoms with Crippen LogP contribution in [0.15, 0.2) is 18.2 Å². The molecule has 0 saturated heterocycles. The Morgan fingerprint density at radius 1 is 1.29 bits per heavy atom. The molecule has 17 heavy (non-hydrogen) atoms. The second kappa shape index (κ2) is 6.97. The van der Waals surface area contributed by atoms with Gasteiger partial charge < -0.3 is 5.32 Å². The fourth-order valence-electron chi connectivity index (χ4n) is 2.12. The Balaban J connectivity index is 2.58. The maximum Gasteiger partial charge on any atom is 0.146 e. The molecular weight excluding hydrogens is 237 g/mol. The molecule has 3 heteroatoms. The predicted octanol–water partition coefficient (Wildman–Crippen LogP) is 4.39. The molecule has 1 aromatic rings. The molecule has 0 aliphatic heterocycles. The summed E-state index contributed by atoms with van der Waals surface area (Å²) >= 11 is 5.74. The van der Waals surface area contributed by atoms with Gasteiger partial charge in [0.1, 0.15) is 5.82 Å². The van der Waals surface area contributed by atoms with Crippen molar-refractivity contribution in [2.75, 3.05) is 0 Å². The van der Waals surface area contributed by atoms with Crippen LogP contribution < -0.4 is 5.32 Å². The lowest BCUT2D eigenvalue weighted by molar-refractivity contribution is 0.351. The number of nitrogens with one attached hydrogen (secondary N) is 1. The molecule has 1 N–H and O–H groups in total. The zero-order valence-electron chi connectivity index (χ0n) is 10.8. The van der Waals surface area contributed by atoms with Crippen molar-refractivity contribution in [2.24, 2.45) is 5.92 Å². The first-order valence-electron chi connectivity index (χ1n) is 6.26. The summed E-state index contributed by atoms with van der Waals surface area (Å²) in [5.74, 6) is 0.329. The lowest BCUT2D eigenvalue weighted by Crippen LogP contribution is -2.32. The van der Waals surface area contributed by atoms with E-state index in [1.54, 1.807) is 18.2 Å². The Morgan fingerprint density at radius 2 is 1.94 bits per heavy atom. The van der Waals surface area contributed by atoms with Crippen LogP contribution >= 0.6 is 11.6 Å². The highest BCUT2D eigenvalue weighted by Crippen LogP contribution is 2.19. The second-order valence-electron chi connectivity index (χ2n) is 4.46. The van der Waals surface area contributed by atoms with E-state index in [1.165, 1.54) is 0 Å². The quantitative estimate of drug-likeness (QED) is 0.797. The normalized spacial score (nSPS) is 13.1. The van der Waals surface area contributed by atoms with Crippen molar-refractivity contribution in [1.82, 2.24) is 5.32 Å². The average Bonchev–Trinajstić information content (AvgIpc) is 2.32. The Hall–Kier alpha value is -0.600. The number of hydrogen-bond acceptors (Lipinski definition) is 1. The summed E-state index contributed by atoms with van der Waals surface area (Å²) in [7, 11) is 0. The third-order valence-electron chi connectivity index (χ3n) is 3.40. The van der Waals surface area contributed by atoms with E-state index in [0.717, 1.165) is 12.8 Å². The minimum Gasteiger partial charge on any atom is -0.310 e. The Morgan fingerprint density at radius 3 is 2.53 bits per heavy atom. The van der Waals surface area contributed by atoms with E-state index in [1.807, 2.05) is 0 Å². The van der Waals surface area contributed by atoms with E-state index in [9.17, 15) is 4.39 Å². The number of rotatable bonds is 6. The SMILES string of the molecule is CCC(CC)C(C)NCc1cccc(Cl)c1F. The van der Waals surface area contributed by atoms with Crippen LogP contribution in [0.5, 0.6) is 0 Å². The van der Waals surface area contributed by atoms with Gasteiger partial charge in [0.05, 0.1) is 5.02 Å². The average molecular weight is 258 g/mol. The molecule has 0 aliphatic carbocycles. The monoisotopic (exact) mass is 257 g/mol. The van der Waals surface area contributed by atoms with Crippen molar-refractivity contribution in [3.63, 3.8) is 0 Å². The van der Waals surface area contributed by atoms with Crippen LogP contribution in [0.3, 0.4) is 0 Å². The first-order valence-corrected chi connectivity index (χ1v) is 6.64. The van der Waals surface area contributed by atoms with Crippen LogP contribution in [-0.4, -0.2) is 6.04 Å². The first kappa shape index (κ1) is 14.5. The highest BCUT2D eigenvalue weighted by molar-refractivity contribution is 6.30. The van der Waals surface area contributed by atoms with Crippen molar-refractivity contribution in [3.05, 3.63) is 34.6 Å². The smallest absolute Gasteiger partial charge is 0.146 e. The lowest BCUT2D eigenvalue weighted by atomic mass is 9.95. The van der Waals surface area contributed by atoms with Crippen molar-refractivity contribution in [1.29, 1.82) is 0 Å². The third-order valence-corrected chi connectivity index (χ3v) is 3.69. The molecule has 0 heterocycles. The minimum absolute atomic E-state index is 0.194. The summed E-state index contributed by atoms with van der Waals surface area (Å²) in [6, 6.07) is 5.52. The van der Waals surface area contributed by atoms with Crippen LogP contribution in [-0.2, 0) is 6.54 Å². The van der Waals surface area contributed by atoms with Gasteiger partial charge in [-0.15, -0.1) is 0 Å². The lowest BCUT2D eigenvalue weighted by Gasteiger charge is -2.22. The summed E-state index contributed by atoms with van der Waals surface area (Å²) in [6.45, 7) is 7.06. The van der Waals surface area contributed by atoms with Crippen molar-refractivity contribution in [2.45, 2.75) is 46.2 Å². The number of hydrogen-bond donors (Lipinski definition) is 1. The van der Waals surface area contributed by atoms with Crippen LogP contribution in [0.2, 0.25) is 5.02 Å². The number of benzene rings is 1. The van der Waals surface area contributed by atoms with E-state index in [2.05, 4.69) is 26.1 Å². The summed E-state index contributed by atoms with van der Waals surface area (Å²) in [6.07, 6.45) is 2.28. The van der Waals surface area contributed by atoms with E-state index in [-0.39, 0.29) is 10.8 Å². The van der Waals surface area contributed by atoms with Gasteiger partial charge in [-0.05, 0) is 18.9 Å². The zero-order chi connectivity index (χ0) is 12.8. The molecule has 0 fully saturated rings. The highest BCUT2D eigenvalue weighted by Gasteiger charge is 2.13. The molecular formula is C14H21ClFN. The molecule has 0 bridgehead atoms. The molecule has 96 valence electrons. The van der Waals surface area contributed by atoms with Crippen molar-refractivity contribution in [3.8, 4) is 0 Å². The molecule has 1 rings (SSSR count). The standard InChI is InChI=1S/C14H21ClFN/c1-4-11(5-2)10(3)17-9-12-7-6-8-13(15)14(12)16/h6-8,10-11,17H,4-5,9H2,1-3H3. The molecule has 0 radical (unpaired) electrons. The number of halogens is 2. The third kappa shape index (κ3) is 3.97. The van der Waals surface area contributed by atoms with Crippen molar-refractivity contribution >= 4 is 11.6 Å². The fourth-order valence-corrected chi connectivity index (χ4v) is 2.31. The predicted molar refractivity (Wildman–Crippen MR) is 71.8 cm³/mol. The fraction of sp³-hybridized carbons (Fsp3) is 0.571. The molecule has 0 aromatic heterocycles. The summed E-state index contributed by atoms with van der Waals surface area (Å²) in [4.78, 5) is 0. The van der Waals surface area contributed by atoms with Crippen LogP contribution in [0.4, 0.5) is 4.39 Å². The maximum atomic E-state index is 13.6. The largest absolute Gasteiger partial charge is 0.310 e. The van der Waals surface area contributed by atoms with Gasteiger partial charge in [0, 0.05) is 18.2 Å². The Kier molecular flexibility index (Phi) is 5.93. The van der Waals surface area contributed by atoms with Gasteiger partial charge in [-0.3, -0.25) is 0 Å². The molecule has 0 aliphatic rings. The van der Waals surface area contributed by atoms with Gasteiger partial charge in [-0.1, -0.05) is 50.4 Å². The van der Waals surface area contributed by atoms with Crippen LogP contribution in [0.1, 0.15) is 39.2 Å². The topological polar surface area (TPSA) is 12.0 Å². The first-order chi connectivity index (χ1) is 8.10. The molecule has 1 nitrogen and oxygen atoms in total. The highest BCUT2D eigenvalue weighted by atomic mass is 35.5. The Labute approximate surface area is 108 Å². The molecule has 1 unspecified atom stereocenters. The van der Waals surface area contributed by atoms with E-state index in [4.69, 9.17) is 11.6 Å². The maximum absolute atomic E-state index is 13.6. The van der Waals surface area contributed by atoms with Crippen molar-refractivity contribution < 1.29 is 4.39 Å². The molecule has 1 atom stereocenters. The van der Waals surface area contributed by atoms with Gasteiger partial charge in [0.15, 0.2) is 0 Å². The van der Waals surface area contributed by atoms with E-state index in [0.29, 0.717) is 24.1 Å². The zero-order valence-corrected chi connectivity index (χ0v) is 11.5. The van der Waals surface area contributed by atoms with Gasteiger partial charge in [0.2, 0.25) is 0 Å². The summed E-state index contributed by atoms with van der Waals surface area (Å²) < 4.78 is 13.6. The van der Waals surface area contributed by atoms with Gasteiger partial charge in [-0.25, -0.2) is 4.39 Å². The van der Waals surface area contributed by atoms with Gasteiger partial charge in [-0.2, -0.15) is 0 Å². The molecule has 0 amide bonds. The summed E-state index contributed by atoms with van der Waals surface area (Å²) in [5, 5.41) is 3.56. The molecule has 1 aromatic carbocycles. The molecule has 0 spiro atoms. The summed E-state index contributed by atoms with van der Waals surface area (Å²) in [5.41, 5.74) is 0.635. The van der Waals surface area contributed by atoms with Crippen LogP contribution in [0, 0.1) is 11.7 Å². The second-order valence-corrected chi connectivity index (χ2v) is 4.87. The van der Waals surface area contributed by atoms with E-state index >= 15 is 0 Å². The van der Waals surface area contributed by atoms with E-state index < -0.39 is 0 Å². The van der Waals surface area contributed by atoms with Gasteiger partial charge in [0.25, 0.3) is 0 Å². The van der Waals surface area contributed by atoms with Gasteiger partial charge >= 0.3 is 0 Å². The van der Waals surface area contributed by atoms with Crippen LogP contribution in [0.25, 0.3) is 0 Å². The minimum atomic E-state index is -0.307. The molecule has 0 saturated carbocycles.